The summed E-state index contributed by atoms with van der Waals surface area (Å²) < 4.78 is 22.0. The van der Waals surface area contributed by atoms with Gasteiger partial charge in [-0.05, 0) is 25.7 Å². The normalized spacial score (nSPS) is 14.8. The molecule has 0 aromatic rings. The molecule has 4 heteroatoms. The van der Waals surface area contributed by atoms with Crippen molar-refractivity contribution in [2.24, 2.45) is 5.41 Å². The fraction of sp³-hybridized carbons (Fsp3) is 1.00. The first-order valence-electron chi connectivity index (χ1n) is 3.90. The maximum absolute atomic E-state index is 11.3. The molecule has 0 atom stereocenters. The van der Waals surface area contributed by atoms with Crippen LogP contribution in [0.5, 0.6) is 0 Å². The highest BCUT2D eigenvalue weighted by Crippen LogP contribution is 2.35. The zero-order valence-electron chi connectivity index (χ0n) is 8.31. The van der Waals surface area contributed by atoms with E-state index in [4.69, 9.17) is 0 Å². The highest BCUT2D eigenvalue weighted by Gasteiger charge is 2.35. The van der Waals surface area contributed by atoms with Crippen LogP contribution in [0.4, 0.5) is 0 Å². The molecule has 2 nitrogen and oxygen atoms in total. The van der Waals surface area contributed by atoms with E-state index in [1.165, 1.54) is 21.2 Å². The summed E-state index contributed by atoms with van der Waals surface area (Å²) in [6.07, 6.45) is 0.686. The minimum Gasteiger partial charge on any atom is -0.218 e. The van der Waals surface area contributed by atoms with E-state index in [0.717, 1.165) is 0 Å². The Morgan fingerprint density at radius 1 is 1.08 bits per heavy atom. The van der Waals surface area contributed by atoms with E-state index < -0.39 is 11.8 Å². The number of hydrogen-bond acceptors (Lipinski definition) is 2. The maximum atomic E-state index is 11.3. The lowest BCUT2D eigenvalue weighted by Gasteiger charge is -2.29. The molecule has 0 N–H and O–H groups in total. The van der Waals surface area contributed by atoms with Crippen molar-refractivity contribution < 1.29 is 8.42 Å². The second kappa shape index (κ2) is 3.44. The Labute approximate surface area is 87.6 Å². The van der Waals surface area contributed by atoms with Crippen molar-refractivity contribution in [1.29, 1.82) is 0 Å². The Kier molecular flexibility index (Phi) is 3.63. The third kappa shape index (κ3) is 4.07. The summed E-state index contributed by atoms with van der Waals surface area (Å²) in [6, 6.07) is 0. The maximum Gasteiger partial charge on any atom is 0.208 e. The third-order valence-corrected chi connectivity index (χ3v) is 6.66. The molecule has 0 aromatic heterocycles. The summed E-state index contributed by atoms with van der Waals surface area (Å²) >= 11 is 1.53. The van der Waals surface area contributed by atoms with Crippen LogP contribution in [0.25, 0.3) is 0 Å². The molecule has 0 aliphatic rings. The summed E-state index contributed by atoms with van der Waals surface area (Å²) in [5.74, 6) is 0. The van der Waals surface area contributed by atoms with Crippen molar-refractivity contribution in [3.05, 3.63) is 0 Å². The van der Waals surface area contributed by atoms with Gasteiger partial charge in [0.05, 0.1) is 26.0 Å². The smallest absolute Gasteiger partial charge is 0.208 e. The van der Waals surface area contributed by atoms with Gasteiger partial charge in [0.25, 0.3) is 0 Å². The molecule has 0 spiro atoms. The standard InChI is InChI=1S/C8H17IO2S/c1-7(2,3)6-8(4,5)12(9,10)11/h6H2,1-5H3. The van der Waals surface area contributed by atoms with Gasteiger partial charge in [-0.15, -0.1) is 0 Å². The Balaban J connectivity index is 4.68. The van der Waals surface area contributed by atoms with Crippen molar-refractivity contribution in [1.82, 2.24) is 0 Å². The minimum atomic E-state index is -2.97. The van der Waals surface area contributed by atoms with Gasteiger partial charge >= 0.3 is 0 Å². The molecule has 0 aromatic carbocycles. The molecule has 0 unspecified atom stereocenters. The average Bonchev–Trinajstić information content (AvgIpc) is 1.52. The Morgan fingerprint density at radius 3 is 1.50 bits per heavy atom. The summed E-state index contributed by atoms with van der Waals surface area (Å²) in [7, 11) is -2.97. The van der Waals surface area contributed by atoms with Crippen molar-refractivity contribution in [2.75, 3.05) is 0 Å². The van der Waals surface area contributed by atoms with Gasteiger partial charge in [0, 0.05) is 0 Å². The zero-order chi connectivity index (χ0) is 10.2. The van der Waals surface area contributed by atoms with Gasteiger partial charge < -0.3 is 0 Å². The van der Waals surface area contributed by atoms with Crippen molar-refractivity contribution in [3.8, 4) is 0 Å². The Morgan fingerprint density at radius 2 is 1.42 bits per heavy atom. The molecule has 0 saturated heterocycles. The predicted molar refractivity (Wildman–Crippen MR) is 61.1 cm³/mol. The molecule has 12 heavy (non-hydrogen) atoms. The van der Waals surface area contributed by atoms with Crippen LogP contribution in [0.2, 0.25) is 0 Å². The first-order valence-corrected chi connectivity index (χ1v) is 7.92. The molecule has 0 fully saturated rings. The van der Waals surface area contributed by atoms with Crippen LogP contribution < -0.4 is 0 Å². The average molecular weight is 304 g/mol. The predicted octanol–water partition coefficient (Wildman–Crippen LogP) is 2.97. The molecule has 0 aliphatic heterocycles. The molecule has 0 bridgehead atoms. The van der Waals surface area contributed by atoms with Crippen LogP contribution in [0, 0.1) is 5.41 Å². The third-order valence-electron chi connectivity index (χ3n) is 1.62. The zero-order valence-corrected chi connectivity index (χ0v) is 11.3. The van der Waals surface area contributed by atoms with Gasteiger partial charge in [0.1, 0.15) is 0 Å². The van der Waals surface area contributed by atoms with Crippen molar-refractivity contribution >= 4 is 28.2 Å². The van der Waals surface area contributed by atoms with Crippen LogP contribution in [-0.2, 0) is 7.01 Å². The molecule has 0 heterocycles. The van der Waals surface area contributed by atoms with Gasteiger partial charge in [-0.25, -0.2) is 8.42 Å². The van der Waals surface area contributed by atoms with E-state index in [1.54, 1.807) is 13.8 Å². The molecule has 0 aliphatic carbocycles. The second-order valence-electron chi connectivity index (χ2n) is 4.93. The van der Waals surface area contributed by atoms with Crippen LogP contribution in [0.15, 0.2) is 0 Å². The van der Waals surface area contributed by atoms with E-state index in [-0.39, 0.29) is 5.41 Å². The molecule has 0 radical (unpaired) electrons. The highest BCUT2D eigenvalue weighted by molar-refractivity contribution is 14.2. The van der Waals surface area contributed by atoms with Crippen molar-refractivity contribution in [3.63, 3.8) is 0 Å². The SMILES string of the molecule is CC(C)(C)CC(C)(C)S(=O)(=O)I. The van der Waals surface area contributed by atoms with Crippen molar-refractivity contribution in [2.45, 2.75) is 45.8 Å². The van der Waals surface area contributed by atoms with Crippen LogP contribution in [0.3, 0.4) is 0 Å². The summed E-state index contributed by atoms with van der Waals surface area (Å²) in [5.41, 5.74) is 0.0573. The molecule has 0 rings (SSSR count). The van der Waals surface area contributed by atoms with E-state index >= 15 is 0 Å². The topological polar surface area (TPSA) is 34.1 Å². The first kappa shape index (κ1) is 12.7. The number of rotatable bonds is 2. The molecular weight excluding hydrogens is 287 g/mol. The van der Waals surface area contributed by atoms with E-state index in [9.17, 15) is 8.42 Å². The lowest BCUT2D eigenvalue weighted by atomic mass is 9.86. The number of halogens is 1. The second-order valence-corrected chi connectivity index (χ2v) is 10.4. The fourth-order valence-corrected chi connectivity index (χ4v) is 2.44. The lowest BCUT2D eigenvalue weighted by molar-refractivity contribution is 0.332. The van der Waals surface area contributed by atoms with Gasteiger partial charge in [0.2, 0.25) is 7.01 Å². The van der Waals surface area contributed by atoms with Gasteiger partial charge in [-0.1, -0.05) is 20.8 Å². The van der Waals surface area contributed by atoms with Crippen LogP contribution >= 0.6 is 21.2 Å². The van der Waals surface area contributed by atoms with Crippen LogP contribution in [-0.4, -0.2) is 13.2 Å². The largest absolute Gasteiger partial charge is 0.218 e. The molecule has 74 valence electrons. The Hall–Kier alpha value is 0.680. The minimum absolute atomic E-state index is 0.0573. The summed E-state index contributed by atoms with van der Waals surface area (Å²) in [6.45, 7) is 9.71. The fourth-order valence-electron chi connectivity index (χ4n) is 1.36. The molecular formula is C8H17IO2S. The van der Waals surface area contributed by atoms with E-state index in [2.05, 4.69) is 20.8 Å². The van der Waals surface area contributed by atoms with Crippen LogP contribution in [0.1, 0.15) is 41.0 Å². The van der Waals surface area contributed by atoms with Gasteiger partial charge in [-0.3, -0.25) is 0 Å². The van der Waals surface area contributed by atoms with E-state index in [0.29, 0.717) is 6.42 Å². The highest BCUT2D eigenvalue weighted by atomic mass is 127. The van der Waals surface area contributed by atoms with E-state index in [1.807, 2.05) is 0 Å². The number of hydrogen-bond donors (Lipinski definition) is 0. The quantitative estimate of drug-likeness (QED) is 0.580. The monoisotopic (exact) mass is 304 g/mol. The molecule has 0 saturated carbocycles. The summed E-state index contributed by atoms with van der Waals surface area (Å²) in [4.78, 5) is 0. The lowest BCUT2D eigenvalue weighted by Crippen LogP contribution is -2.32. The first-order chi connectivity index (χ1) is 4.96. The van der Waals surface area contributed by atoms with Gasteiger partial charge in [0.15, 0.2) is 0 Å². The Bertz CT molecular complexity index is 247. The van der Waals surface area contributed by atoms with Gasteiger partial charge in [-0.2, -0.15) is 0 Å². The summed E-state index contributed by atoms with van der Waals surface area (Å²) in [5, 5.41) is 0. The molecule has 0 amide bonds.